The van der Waals surface area contributed by atoms with Gasteiger partial charge in [-0.3, -0.25) is 18.8 Å². The minimum atomic E-state index is -0.728. The lowest BCUT2D eigenvalue weighted by Gasteiger charge is -2.18. The number of nitrogens with one attached hydrogen (secondary N) is 1. The second-order valence-corrected chi connectivity index (χ2v) is 8.12. The van der Waals surface area contributed by atoms with Crippen LogP contribution in [0.1, 0.15) is 24.2 Å². The number of benzene rings is 2. The summed E-state index contributed by atoms with van der Waals surface area (Å²) >= 11 is 0. The van der Waals surface area contributed by atoms with Gasteiger partial charge >= 0.3 is 0 Å². The third-order valence-electron chi connectivity index (χ3n) is 5.95. The summed E-state index contributed by atoms with van der Waals surface area (Å²) < 4.78 is 13.9. The van der Waals surface area contributed by atoms with Crippen molar-refractivity contribution in [2.75, 3.05) is 6.79 Å². The van der Waals surface area contributed by atoms with Crippen molar-refractivity contribution >= 4 is 16.9 Å². The standard InChI is InChI=1S/C25H24N4O4/c1-15-23-19(18-7-5-4-6-8-18)12-22(30)29(25(23)28(3)27-15)16(2)24(31)26-13-17-9-10-20-21(11-17)33-14-32-20/h4-12,16H,13-14H2,1-3H3,(H,26,31). The summed E-state index contributed by atoms with van der Waals surface area (Å²) in [4.78, 5) is 26.3. The Bertz CT molecular complexity index is 1420. The molecule has 1 unspecified atom stereocenters. The molecule has 2 aromatic heterocycles. The number of rotatable bonds is 5. The van der Waals surface area contributed by atoms with Gasteiger partial charge in [-0.2, -0.15) is 5.10 Å². The van der Waals surface area contributed by atoms with E-state index in [2.05, 4.69) is 10.4 Å². The fourth-order valence-electron chi connectivity index (χ4n) is 4.33. The number of pyridine rings is 1. The lowest BCUT2D eigenvalue weighted by atomic mass is 10.0. The van der Waals surface area contributed by atoms with Crippen LogP contribution in [0.4, 0.5) is 0 Å². The molecule has 1 aliphatic rings. The predicted octanol–water partition coefficient (Wildman–Crippen LogP) is 3.32. The smallest absolute Gasteiger partial charge is 0.253 e. The topological polar surface area (TPSA) is 87.4 Å². The third kappa shape index (κ3) is 3.63. The molecular weight excluding hydrogens is 420 g/mol. The first-order valence-corrected chi connectivity index (χ1v) is 10.7. The van der Waals surface area contributed by atoms with Gasteiger partial charge in [-0.25, -0.2) is 0 Å². The number of aromatic nitrogens is 3. The number of carbonyl (C=O) groups excluding carboxylic acids is 1. The summed E-state index contributed by atoms with van der Waals surface area (Å²) in [6.07, 6.45) is 0. The largest absolute Gasteiger partial charge is 0.454 e. The maximum absolute atomic E-state index is 13.2. The van der Waals surface area contributed by atoms with Crippen LogP contribution < -0.4 is 20.3 Å². The quantitative estimate of drug-likeness (QED) is 0.510. The minimum Gasteiger partial charge on any atom is -0.454 e. The number of amides is 1. The number of hydrogen-bond donors (Lipinski definition) is 1. The molecular formula is C25H24N4O4. The van der Waals surface area contributed by atoms with Crippen molar-refractivity contribution in [1.82, 2.24) is 19.7 Å². The van der Waals surface area contributed by atoms with Gasteiger partial charge in [-0.05, 0) is 42.7 Å². The fraction of sp³-hybridized carbons (Fsp3) is 0.240. The molecule has 1 N–H and O–H groups in total. The summed E-state index contributed by atoms with van der Waals surface area (Å²) in [6, 6.07) is 16.1. The third-order valence-corrected chi connectivity index (χ3v) is 5.95. The lowest BCUT2D eigenvalue weighted by molar-refractivity contribution is -0.124. The van der Waals surface area contributed by atoms with E-state index >= 15 is 0 Å². The highest BCUT2D eigenvalue weighted by molar-refractivity contribution is 5.96. The monoisotopic (exact) mass is 444 g/mol. The zero-order valence-electron chi connectivity index (χ0n) is 18.7. The van der Waals surface area contributed by atoms with Gasteiger partial charge in [0.15, 0.2) is 11.5 Å². The van der Waals surface area contributed by atoms with Crippen molar-refractivity contribution in [3.05, 3.63) is 76.2 Å². The van der Waals surface area contributed by atoms with Crippen molar-refractivity contribution in [1.29, 1.82) is 0 Å². The van der Waals surface area contributed by atoms with E-state index in [4.69, 9.17) is 9.47 Å². The highest BCUT2D eigenvalue weighted by Crippen LogP contribution is 2.33. The molecule has 0 saturated heterocycles. The maximum atomic E-state index is 13.2. The summed E-state index contributed by atoms with van der Waals surface area (Å²) in [5, 5.41) is 8.33. The minimum absolute atomic E-state index is 0.199. The van der Waals surface area contributed by atoms with E-state index in [1.54, 1.807) is 24.7 Å². The first kappa shape index (κ1) is 20.8. The average molecular weight is 444 g/mol. The van der Waals surface area contributed by atoms with Gasteiger partial charge in [0, 0.05) is 25.0 Å². The summed E-state index contributed by atoms with van der Waals surface area (Å²) in [5.41, 5.74) is 3.79. The van der Waals surface area contributed by atoms with E-state index in [0.717, 1.165) is 27.8 Å². The van der Waals surface area contributed by atoms with E-state index in [1.165, 1.54) is 4.57 Å². The lowest BCUT2D eigenvalue weighted by Crippen LogP contribution is -2.36. The van der Waals surface area contributed by atoms with Gasteiger partial charge in [0.25, 0.3) is 5.56 Å². The van der Waals surface area contributed by atoms with Crippen LogP contribution in [0.15, 0.2) is 59.4 Å². The molecule has 1 amide bonds. The van der Waals surface area contributed by atoms with Crippen LogP contribution in [0.3, 0.4) is 0 Å². The summed E-state index contributed by atoms with van der Waals surface area (Å²) in [6.45, 7) is 4.14. The Morgan fingerprint density at radius 3 is 2.67 bits per heavy atom. The Morgan fingerprint density at radius 2 is 1.88 bits per heavy atom. The number of nitrogens with zero attached hydrogens (tertiary/aromatic N) is 3. The molecule has 33 heavy (non-hydrogen) atoms. The average Bonchev–Trinajstić information content (AvgIpc) is 3.40. The zero-order valence-corrected chi connectivity index (χ0v) is 18.7. The van der Waals surface area contributed by atoms with Crippen molar-refractivity contribution < 1.29 is 14.3 Å². The van der Waals surface area contributed by atoms with Crippen LogP contribution in [0.25, 0.3) is 22.2 Å². The Balaban J connectivity index is 1.48. The SMILES string of the molecule is Cc1nn(C)c2c1c(-c1ccccc1)cc(=O)n2C(C)C(=O)NCc1ccc2c(c1)OCO2. The van der Waals surface area contributed by atoms with E-state index in [0.29, 0.717) is 23.7 Å². The highest BCUT2D eigenvalue weighted by atomic mass is 16.7. The molecule has 2 aromatic carbocycles. The molecule has 1 atom stereocenters. The second kappa shape index (κ2) is 8.12. The molecule has 1 aliphatic heterocycles. The molecule has 3 heterocycles. The molecule has 4 aromatic rings. The van der Waals surface area contributed by atoms with Crippen LogP contribution >= 0.6 is 0 Å². The Kier molecular flexibility index (Phi) is 5.12. The van der Waals surface area contributed by atoms with E-state index < -0.39 is 6.04 Å². The Labute approximate surface area is 190 Å². The van der Waals surface area contributed by atoms with Crippen molar-refractivity contribution in [2.24, 2.45) is 7.05 Å². The van der Waals surface area contributed by atoms with Crippen LogP contribution in [-0.2, 0) is 18.4 Å². The molecule has 0 aliphatic carbocycles. The number of aryl methyl sites for hydroxylation is 2. The molecule has 0 bridgehead atoms. The maximum Gasteiger partial charge on any atom is 0.253 e. The van der Waals surface area contributed by atoms with Gasteiger partial charge < -0.3 is 14.8 Å². The first-order chi connectivity index (χ1) is 15.9. The number of hydrogen-bond acceptors (Lipinski definition) is 5. The second-order valence-electron chi connectivity index (χ2n) is 8.12. The molecule has 0 fully saturated rings. The fourth-order valence-corrected chi connectivity index (χ4v) is 4.33. The van der Waals surface area contributed by atoms with E-state index in [-0.39, 0.29) is 18.3 Å². The molecule has 0 saturated carbocycles. The number of fused-ring (bicyclic) bond motifs is 2. The van der Waals surface area contributed by atoms with Crippen molar-refractivity contribution in [2.45, 2.75) is 26.4 Å². The van der Waals surface area contributed by atoms with Crippen molar-refractivity contribution in [3.8, 4) is 22.6 Å². The Morgan fingerprint density at radius 1 is 1.12 bits per heavy atom. The predicted molar refractivity (Wildman–Crippen MR) is 124 cm³/mol. The molecule has 8 nitrogen and oxygen atoms in total. The molecule has 8 heteroatoms. The highest BCUT2D eigenvalue weighted by Gasteiger charge is 2.24. The van der Waals surface area contributed by atoms with Crippen LogP contribution in [-0.4, -0.2) is 27.0 Å². The molecule has 0 spiro atoms. The zero-order chi connectivity index (χ0) is 23.1. The van der Waals surface area contributed by atoms with Crippen LogP contribution in [0, 0.1) is 6.92 Å². The normalized spacial score (nSPS) is 13.3. The van der Waals surface area contributed by atoms with Gasteiger partial charge in [0.05, 0.1) is 5.69 Å². The summed E-state index contributed by atoms with van der Waals surface area (Å²) in [5.74, 6) is 1.09. The van der Waals surface area contributed by atoms with Crippen molar-refractivity contribution in [3.63, 3.8) is 0 Å². The van der Waals surface area contributed by atoms with Crippen LogP contribution in [0.5, 0.6) is 11.5 Å². The molecule has 168 valence electrons. The van der Waals surface area contributed by atoms with Gasteiger partial charge in [0.1, 0.15) is 11.7 Å². The first-order valence-electron chi connectivity index (χ1n) is 10.7. The number of ether oxygens (including phenoxy) is 2. The Hall–Kier alpha value is -4.07. The van der Waals surface area contributed by atoms with Gasteiger partial charge in [-0.1, -0.05) is 36.4 Å². The summed E-state index contributed by atoms with van der Waals surface area (Å²) in [7, 11) is 1.79. The number of carbonyl (C=O) groups is 1. The van der Waals surface area contributed by atoms with Gasteiger partial charge in [-0.15, -0.1) is 0 Å². The van der Waals surface area contributed by atoms with E-state index in [9.17, 15) is 9.59 Å². The molecule has 5 rings (SSSR count). The van der Waals surface area contributed by atoms with Gasteiger partial charge in [0.2, 0.25) is 12.7 Å². The van der Waals surface area contributed by atoms with Crippen LogP contribution in [0.2, 0.25) is 0 Å². The van der Waals surface area contributed by atoms with E-state index in [1.807, 2.05) is 55.5 Å². The molecule has 0 radical (unpaired) electrons.